The van der Waals surface area contributed by atoms with Gasteiger partial charge in [0.1, 0.15) is 16.3 Å². The molecule has 4 rings (SSSR count). The van der Waals surface area contributed by atoms with E-state index in [-0.39, 0.29) is 5.63 Å². The van der Waals surface area contributed by atoms with E-state index in [4.69, 9.17) is 9.15 Å². The first-order chi connectivity index (χ1) is 14.0. The van der Waals surface area contributed by atoms with Gasteiger partial charge in [-0.3, -0.25) is 0 Å². The second-order valence-corrected chi connectivity index (χ2v) is 7.85. The quantitative estimate of drug-likeness (QED) is 0.387. The predicted octanol–water partition coefficient (Wildman–Crippen LogP) is 5.62. The van der Waals surface area contributed by atoms with Gasteiger partial charge in [0.2, 0.25) is 0 Å². The lowest BCUT2D eigenvalue weighted by Gasteiger charge is -2.21. The van der Waals surface area contributed by atoms with Crippen molar-refractivity contribution in [2.75, 3.05) is 24.6 Å². The van der Waals surface area contributed by atoms with E-state index in [1.165, 1.54) is 11.3 Å². The second kappa shape index (κ2) is 7.87. The van der Waals surface area contributed by atoms with Crippen molar-refractivity contribution in [1.29, 1.82) is 0 Å². The Labute approximate surface area is 173 Å². The minimum absolute atomic E-state index is 0.351. The average Bonchev–Trinajstić information content (AvgIpc) is 3.11. The average molecular weight is 409 g/mol. The van der Waals surface area contributed by atoms with Crippen molar-refractivity contribution in [3.05, 3.63) is 52.4 Å². The van der Waals surface area contributed by atoms with Gasteiger partial charge in [0, 0.05) is 30.2 Å². The molecule has 0 aliphatic carbocycles. The van der Waals surface area contributed by atoms with Crippen LogP contribution in [0.2, 0.25) is 0 Å². The fourth-order valence-corrected chi connectivity index (χ4v) is 4.73. The van der Waals surface area contributed by atoms with Crippen molar-refractivity contribution in [3.8, 4) is 16.3 Å². The summed E-state index contributed by atoms with van der Waals surface area (Å²) in [6.45, 7) is 10.6. The Kier molecular flexibility index (Phi) is 5.28. The van der Waals surface area contributed by atoms with Gasteiger partial charge in [-0.25, -0.2) is 9.78 Å². The van der Waals surface area contributed by atoms with Crippen LogP contribution in [-0.4, -0.2) is 24.7 Å². The Morgan fingerprint density at radius 3 is 2.62 bits per heavy atom. The highest BCUT2D eigenvalue weighted by Gasteiger charge is 2.18. The Morgan fingerprint density at radius 2 is 1.90 bits per heavy atom. The molecule has 0 spiro atoms. The molecule has 150 valence electrons. The first-order valence-corrected chi connectivity index (χ1v) is 10.7. The third-order valence-electron chi connectivity index (χ3n) is 5.16. The molecule has 0 bridgehead atoms. The summed E-state index contributed by atoms with van der Waals surface area (Å²) in [5.41, 5.74) is 3.60. The van der Waals surface area contributed by atoms with Crippen LogP contribution in [-0.2, 0) is 0 Å². The second-order valence-electron chi connectivity index (χ2n) is 6.82. The van der Waals surface area contributed by atoms with Crippen LogP contribution in [0.25, 0.3) is 31.8 Å². The summed E-state index contributed by atoms with van der Waals surface area (Å²) in [6.07, 6.45) is 0. The Balaban J connectivity index is 1.84. The number of hydrogen-bond donors (Lipinski definition) is 0. The summed E-state index contributed by atoms with van der Waals surface area (Å²) < 4.78 is 12.3. The molecule has 0 saturated heterocycles. The van der Waals surface area contributed by atoms with Crippen LogP contribution in [0.5, 0.6) is 5.75 Å². The number of ether oxygens (including phenoxy) is 1. The Bertz CT molecular complexity index is 1240. The molecule has 4 aromatic rings. The van der Waals surface area contributed by atoms with Gasteiger partial charge in [-0.1, -0.05) is 0 Å². The zero-order valence-corrected chi connectivity index (χ0v) is 17.9. The lowest BCUT2D eigenvalue weighted by Crippen LogP contribution is -2.21. The lowest BCUT2D eigenvalue weighted by atomic mass is 10.1. The maximum absolute atomic E-state index is 12.9. The van der Waals surface area contributed by atoms with Crippen LogP contribution in [0, 0.1) is 6.92 Å². The van der Waals surface area contributed by atoms with E-state index in [0.717, 1.165) is 45.7 Å². The number of thiazole rings is 1. The van der Waals surface area contributed by atoms with Gasteiger partial charge in [0.05, 0.1) is 22.4 Å². The number of aryl methyl sites for hydroxylation is 1. The maximum Gasteiger partial charge on any atom is 0.346 e. The van der Waals surface area contributed by atoms with Crippen molar-refractivity contribution in [2.45, 2.75) is 27.7 Å². The molecule has 0 fully saturated rings. The molecule has 0 aliphatic heterocycles. The highest BCUT2D eigenvalue weighted by Crippen LogP contribution is 2.35. The van der Waals surface area contributed by atoms with E-state index in [2.05, 4.69) is 29.8 Å². The Morgan fingerprint density at radius 1 is 1.10 bits per heavy atom. The molecular formula is C23H24N2O3S. The first-order valence-electron chi connectivity index (χ1n) is 9.91. The van der Waals surface area contributed by atoms with Crippen LogP contribution < -0.4 is 15.3 Å². The number of benzene rings is 2. The van der Waals surface area contributed by atoms with Crippen molar-refractivity contribution in [1.82, 2.24) is 4.98 Å². The third-order valence-corrected chi connectivity index (χ3v) is 6.20. The topological polar surface area (TPSA) is 55.6 Å². The van der Waals surface area contributed by atoms with E-state index < -0.39 is 0 Å². The van der Waals surface area contributed by atoms with Crippen molar-refractivity contribution in [2.24, 2.45) is 0 Å². The minimum atomic E-state index is -0.351. The monoisotopic (exact) mass is 408 g/mol. The van der Waals surface area contributed by atoms with Gasteiger partial charge in [-0.2, -0.15) is 0 Å². The highest BCUT2D eigenvalue weighted by molar-refractivity contribution is 7.21. The van der Waals surface area contributed by atoms with E-state index in [0.29, 0.717) is 22.8 Å². The van der Waals surface area contributed by atoms with Crippen molar-refractivity contribution < 1.29 is 9.15 Å². The Hall–Kier alpha value is -2.86. The minimum Gasteiger partial charge on any atom is -0.494 e. The normalized spacial score (nSPS) is 11.3. The molecule has 29 heavy (non-hydrogen) atoms. The fraction of sp³-hybridized carbons (Fsp3) is 0.304. The van der Waals surface area contributed by atoms with Gasteiger partial charge >= 0.3 is 5.63 Å². The number of anilines is 1. The summed E-state index contributed by atoms with van der Waals surface area (Å²) in [5.74, 6) is 0.807. The zero-order chi connectivity index (χ0) is 20.5. The molecular weight excluding hydrogens is 384 g/mol. The highest BCUT2D eigenvalue weighted by atomic mass is 32.1. The van der Waals surface area contributed by atoms with Gasteiger partial charge < -0.3 is 14.1 Å². The van der Waals surface area contributed by atoms with Crippen molar-refractivity contribution in [3.63, 3.8) is 0 Å². The molecule has 0 amide bonds. The summed E-state index contributed by atoms with van der Waals surface area (Å²) in [6, 6.07) is 11.9. The molecule has 2 aromatic heterocycles. The van der Waals surface area contributed by atoms with Crippen LogP contribution in [0.3, 0.4) is 0 Å². The molecule has 2 aromatic carbocycles. The summed E-state index contributed by atoms with van der Waals surface area (Å²) in [7, 11) is 0. The SMILES string of the molecule is CCOc1ccc2nc(-c3c(C)c4ccc(N(CC)CC)cc4oc3=O)sc2c1. The summed E-state index contributed by atoms with van der Waals surface area (Å²) in [5, 5.41) is 1.61. The number of nitrogens with zero attached hydrogens (tertiary/aromatic N) is 2. The van der Waals surface area contributed by atoms with Crippen molar-refractivity contribution >= 4 is 38.2 Å². The maximum atomic E-state index is 12.9. The summed E-state index contributed by atoms with van der Waals surface area (Å²) in [4.78, 5) is 19.8. The molecule has 0 radical (unpaired) electrons. The molecule has 0 atom stereocenters. The van der Waals surface area contributed by atoms with E-state index >= 15 is 0 Å². The van der Waals surface area contributed by atoms with Gasteiger partial charge in [-0.15, -0.1) is 11.3 Å². The standard InChI is InChI=1S/C23H24N2O3S/c1-5-25(6-2)15-8-10-17-14(4)21(23(26)28-19(17)12-15)22-24-18-11-9-16(27-7-3)13-20(18)29-22/h8-13H,5-7H2,1-4H3. The molecule has 6 heteroatoms. The van der Waals surface area contributed by atoms with E-state index in [1.54, 1.807) is 0 Å². The lowest BCUT2D eigenvalue weighted by molar-refractivity contribution is 0.341. The van der Waals surface area contributed by atoms with Crippen LogP contribution in [0.1, 0.15) is 26.3 Å². The van der Waals surface area contributed by atoms with Crippen LogP contribution in [0.15, 0.2) is 45.6 Å². The van der Waals surface area contributed by atoms with Crippen LogP contribution >= 0.6 is 11.3 Å². The first kappa shape index (κ1) is 19.5. The number of hydrogen-bond acceptors (Lipinski definition) is 6. The largest absolute Gasteiger partial charge is 0.494 e. The van der Waals surface area contributed by atoms with Gasteiger partial charge in [-0.05, 0) is 63.6 Å². The number of rotatable bonds is 6. The molecule has 0 saturated carbocycles. The number of fused-ring (bicyclic) bond motifs is 2. The predicted molar refractivity (Wildman–Crippen MR) is 121 cm³/mol. The van der Waals surface area contributed by atoms with E-state index in [1.807, 2.05) is 44.2 Å². The smallest absolute Gasteiger partial charge is 0.346 e. The number of aromatic nitrogens is 1. The molecule has 5 nitrogen and oxygen atoms in total. The fourth-order valence-electron chi connectivity index (χ4n) is 3.65. The third kappa shape index (κ3) is 3.49. The molecule has 0 unspecified atom stereocenters. The van der Waals surface area contributed by atoms with Crippen LogP contribution in [0.4, 0.5) is 5.69 Å². The van der Waals surface area contributed by atoms with Gasteiger partial charge in [0.25, 0.3) is 0 Å². The van der Waals surface area contributed by atoms with Gasteiger partial charge in [0.15, 0.2) is 0 Å². The molecule has 0 aliphatic rings. The molecule has 2 heterocycles. The van der Waals surface area contributed by atoms with E-state index in [9.17, 15) is 4.79 Å². The summed E-state index contributed by atoms with van der Waals surface area (Å²) >= 11 is 1.48. The zero-order valence-electron chi connectivity index (χ0n) is 17.1. The molecule has 0 N–H and O–H groups in total.